The molecular weight excluding hydrogens is 314 g/mol. The summed E-state index contributed by atoms with van der Waals surface area (Å²) in [6.45, 7) is 8.49. The van der Waals surface area contributed by atoms with Crippen LogP contribution in [-0.4, -0.2) is 36.7 Å². The van der Waals surface area contributed by atoms with Crippen LogP contribution in [0.25, 0.3) is 5.70 Å². The van der Waals surface area contributed by atoms with Crippen LogP contribution in [0.1, 0.15) is 37.7 Å². The van der Waals surface area contributed by atoms with Gasteiger partial charge in [-0.25, -0.2) is 4.79 Å². The van der Waals surface area contributed by atoms with Crippen LogP contribution in [0, 0.1) is 12.8 Å². The summed E-state index contributed by atoms with van der Waals surface area (Å²) in [5.41, 5.74) is 3.36. The summed E-state index contributed by atoms with van der Waals surface area (Å²) < 4.78 is 16.1. The van der Waals surface area contributed by atoms with E-state index in [0.29, 0.717) is 31.3 Å². The smallest absolute Gasteiger partial charge is 0.364 e. The van der Waals surface area contributed by atoms with Crippen LogP contribution in [-0.2, 0) is 19.1 Å². The number of unbranched alkanes of at least 4 members (excludes halogenated alkanes) is 1. The number of ether oxygens (including phenoxy) is 2. The van der Waals surface area contributed by atoms with Crippen molar-refractivity contribution < 1.29 is 28.6 Å². The van der Waals surface area contributed by atoms with E-state index in [2.05, 4.69) is 12.1 Å². The van der Waals surface area contributed by atoms with Gasteiger partial charge in [0.15, 0.2) is 5.76 Å². The zero-order valence-corrected chi connectivity index (χ0v) is 14.2. The molecule has 0 amide bonds. The van der Waals surface area contributed by atoms with Gasteiger partial charge in [0, 0.05) is 12.8 Å². The summed E-state index contributed by atoms with van der Waals surface area (Å²) in [5.74, 6) is -0.901. The maximum absolute atomic E-state index is 11.0. The molecule has 0 saturated carbocycles. The number of hydrogen-bond acceptors (Lipinski definition) is 6. The van der Waals surface area contributed by atoms with Crippen LogP contribution < -0.4 is 5.48 Å². The molecule has 0 aromatic carbocycles. The molecule has 2 heterocycles. The Labute approximate surface area is 141 Å². The van der Waals surface area contributed by atoms with Crippen molar-refractivity contribution in [3.63, 3.8) is 0 Å². The molecule has 0 bridgehead atoms. The van der Waals surface area contributed by atoms with E-state index >= 15 is 0 Å². The predicted molar refractivity (Wildman–Crippen MR) is 86.9 cm³/mol. The van der Waals surface area contributed by atoms with Crippen molar-refractivity contribution in [1.82, 2.24) is 5.48 Å². The van der Waals surface area contributed by atoms with Gasteiger partial charge in [0.25, 0.3) is 5.79 Å². The Morgan fingerprint density at radius 3 is 2.71 bits per heavy atom. The second-order valence-corrected chi connectivity index (χ2v) is 6.07. The first-order valence-electron chi connectivity index (χ1n) is 8.05. The van der Waals surface area contributed by atoms with Gasteiger partial charge in [0.1, 0.15) is 5.76 Å². The van der Waals surface area contributed by atoms with E-state index in [1.807, 2.05) is 19.1 Å². The van der Waals surface area contributed by atoms with Crippen molar-refractivity contribution >= 4 is 11.7 Å². The highest BCUT2D eigenvalue weighted by Crippen LogP contribution is 2.24. The number of carbonyl (C=O) groups is 1. The van der Waals surface area contributed by atoms with Gasteiger partial charge >= 0.3 is 5.97 Å². The average molecular weight is 339 g/mol. The molecule has 1 aromatic rings. The number of aliphatic carboxylic acids is 1. The van der Waals surface area contributed by atoms with E-state index in [-0.39, 0.29) is 5.92 Å². The van der Waals surface area contributed by atoms with Crippen molar-refractivity contribution in [3.8, 4) is 0 Å². The van der Waals surface area contributed by atoms with Gasteiger partial charge in [-0.15, -0.1) is 0 Å². The summed E-state index contributed by atoms with van der Waals surface area (Å²) in [6.07, 6.45) is 2.71. The number of aryl methyl sites for hydroxylation is 1. The van der Waals surface area contributed by atoms with Gasteiger partial charge in [-0.3, -0.25) is 10.3 Å². The molecule has 2 N–H and O–H groups in total. The maximum atomic E-state index is 11.0. The second-order valence-electron chi connectivity index (χ2n) is 6.07. The molecule has 24 heavy (non-hydrogen) atoms. The van der Waals surface area contributed by atoms with E-state index in [4.69, 9.17) is 23.8 Å². The number of nitrogens with one attached hydrogen (secondary N) is 1. The van der Waals surface area contributed by atoms with Crippen LogP contribution in [0.5, 0.6) is 0 Å². The number of furan rings is 1. The van der Waals surface area contributed by atoms with Crippen molar-refractivity contribution in [2.24, 2.45) is 5.92 Å². The summed E-state index contributed by atoms with van der Waals surface area (Å²) in [5, 5.41) is 9.00. The topological polar surface area (TPSA) is 90.2 Å². The lowest BCUT2D eigenvalue weighted by molar-refractivity contribution is -0.271. The molecule has 0 atom stereocenters. The lowest BCUT2D eigenvalue weighted by Crippen LogP contribution is -2.47. The fraction of sp³-hybridized carbons (Fsp3) is 0.588. The second kappa shape index (κ2) is 8.32. The largest absolute Gasteiger partial charge is 0.477 e. The third-order valence-corrected chi connectivity index (χ3v) is 3.92. The molecule has 0 radical (unpaired) electrons. The lowest BCUT2D eigenvalue weighted by Gasteiger charge is -2.34. The Bertz CT molecular complexity index is 559. The zero-order chi connectivity index (χ0) is 17.6. The number of carboxylic acids is 1. The van der Waals surface area contributed by atoms with E-state index in [0.717, 1.165) is 25.0 Å². The first-order chi connectivity index (χ1) is 11.4. The Morgan fingerprint density at radius 1 is 1.42 bits per heavy atom. The van der Waals surface area contributed by atoms with Crippen LogP contribution >= 0.6 is 0 Å². The van der Waals surface area contributed by atoms with Gasteiger partial charge < -0.3 is 19.0 Å². The van der Waals surface area contributed by atoms with Gasteiger partial charge in [-0.2, -0.15) is 0 Å². The summed E-state index contributed by atoms with van der Waals surface area (Å²) >= 11 is 0. The first kappa shape index (κ1) is 18.5. The van der Waals surface area contributed by atoms with Gasteiger partial charge in [-0.1, -0.05) is 13.0 Å². The van der Waals surface area contributed by atoms with E-state index in [1.54, 1.807) is 0 Å². The number of rotatable bonds is 9. The molecule has 0 unspecified atom stereocenters. The highest BCUT2D eigenvalue weighted by molar-refractivity contribution is 5.75. The fourth-order valence-electron chi connectivity index (χ4n) is 2.33. The van der Waals surface area contributed by atoms with Gasteiger partial charge in [0.2, 0.25) is 0 Å². The SMILES string of the molecule is C=C(NOCCCCC1COC(C)(C(=O)O)OC1)c1ccc(C)o1. The average Bonchev–Trinajstić information content (AvgIpc) is 2.99. The highest BCUT2D eigenvalue weighted by Gasteiger charge is 2.40. The zero-order valence-electron chi connectivity index (χ0n) is 14.2. The molecule has 0 spiro atoms. The monoisotopic (exact) mass is 339 g/mol. The predicted octanol–water partition coefficient (Wildman–Crippen LogP) is 2.71. The van der Waals surface area contributed by atoms with Crippen LogP contribution in [0.2, 0.25) is 0 Å². The van der Waals surface area contributed by atoms with Gasteiger partial charge in [0.05, 0.1) is 25.5 Å². The van der Waals surface area contributed by atoms with E-state index < -0.39 is 11.8 Å². The van der Waals surface area contributed by atoms with Crippen LogP contribution in [0.15, 0.2) is 23.1 Å². The Kier molecular flexibility index (Phi) is 6.42. The van der Waals surface area contributed by atoms with Crippen molar-refractivity contribution in [3.05, 3.63) is 30.2 Å². The molecule has 7 heteroatoms. The molecular formula is C17H25NO6. The van der Waals surface area contributed by atoms with Gasteiger partial charge in [-0.05, 0) is 31.9 Å². The quantitative estimate of drug-likeness (QED) is 0.528. The summed E-state index contributed by atoms with van der Waals surface area (Å²) in [7, 11) is 0. The molecule has 2 rings (SSSR count). The third kappa shape index (κ3) is 5.09. The molecule has 1 aliphatic rings. The van der Waals surface area contributed by atoms with Crippen LogP contribution in [0.3, 0.4) is 0 Å². The van der Waals surface area contributed by atoms with Crippen molar-refractivity contribution in [2.45, 2.75) is 38.9 Å². The van der Waals surface area contributed by atoms with Crippen LogP contribution in [0.4, 0.5) is 0 Å². The molecule has 0 aliphatic carbocycles. The van der Waals surface area contributed by atoms with Crippen molar-refractivity contribution in [1.29, 1.82) is 0 Å². The lowest BCUT2D eigenvalue weighted by atomic mass is 10.0. The molecule has 134 valence electrons. The molecule has 1 aliphatic heterocycles. The third-order valence-electron chi connectivity index (χ3n) is 3.92. The highest BCUT2D eigenvalue weighted by atomic mass is 16.7. The number of hydrogen-bond donors (Lipinski definition) is 2. The standard InChI is InChI=1S/C17H25NO6/c1-12-7-8-15(24-12)13(2)18-23-9-5-4-6-14-10-21-17(3,16(19)20)22-11-14/h7-8,14,18H,2,4-6,9-11H2,1,3H3,(H,19,20). The number of hydroxylamine groups is 1. The summed E-state index contributed by atoms with van der Waals surface area (Å²) in [6, 6.07) is 3.70. The minimum atomic E-state index is -1.51. The Hall–Kier alpha value is -1.83. The van der Waals surface area contributed by atoms with E-state index in [1.165, 1.54) is 6.92 Å². The summed E-state index contributed by atoms with van der Waals surface area (Å²) in [4.78, 5) is 16.3. The molecule has 1 fully saturated rings. The fourth-order valence-corrected chi connectivity index (χ4v) is 2.33. The Balaban J connectivity index is 1.53. The van der Waals surface area contributed by atoms with E-state index in [9.17, 15) is 4.79 Å². The molecule has 1 aromatic heterocycles. The minimum Gasteiger partial charge on any atom is -0.477 e. The van der Waals surface area contributed by atoms with Crippen molar-refractivity contribution in [2.75, 3.05) is 19.8 Å². The Morgan fingerprint density at radius 2 is 2.12 bits per heavy atom. The normalized spacial score (nSPS) is 23.8. The molecule has 1 saturated heterocycles. The minimum absolute atomic E-state index is 0.214. The number of carboxylic acid groups (broad SMARTS) is 1. The maximum Gasteiger partial charge on any atom is 0.364 e. The first-order valence-corrected chi connectivity index (χ1v) is 8.05. The molecule has 7 nitrogen and oxygen atoms in total.